The third-order valence-corrected chi connectivity index (χ3v) is 7.05. The topological polar surface area (TPSA) is 49.4 Å². The molecule has 2 aliphatic rings. The van der Waals surface area contributed by atoms with Crippen LogP contribution in [0.15, 0.2) is 84.1 Å². The quantitative estimate of drug-likeness (QED) is 0.418. The van der Waals surface area contributed by atoms with E-state index < -0.39 is 6.04 Å². The summed E-state index contributed by atoms with van der Waals surface area (Å²) in [7, 11) is 0. The Bertz CT molecular complexity index is 1300. The molecule has 0 radical (unpaired) electrons. The molecule has 172 valence electrons. The maximum Gasteiger partial charge on any atom is 0.227 e. The van der Waals surface area contributed by atoms with Crippen LogP contribution < -0.4 is 10.2 Å². The summed E-state index contributed by atoms with van der Waals surface area (Å²) < 4.78 is 0. The van der Waals surface area contributed by atoms with Gasteiger partial charge < -0.3 is 5.32 Å². The number of hydrogen-bond acceptors (Lipinski definition) is 3. The van der Waals surface area contributed by atoms with Gasteiger partial charge in [0, 0.05) is 34.2 Å². The van der Waals surface area contributed by atoms with Crippen molar-refractivity contribution in [3.8, 4) is 0 Å². The van der Waals surface area contributed by atoms with Gasteiger partial charge in [0.15, 0.2) is 5.78 Å². The van der Waals surface area contributed by atoms with Crippen molar-refractivity contribution in [2.45, 2.75) is 38.1 Å². The first kappa shape index (κ1) is 22.7. The Hall–Kier alpha value is -3.08. The maximum atomic E-state index is 13.8. The first-order chi connectivity index (χ1) is 16.5. The molecule has 34 heavy (non-hydrogen) atoms. The predicted molar refractivity (Wildman–Crippen MR) is 137 cm³/mol. The Kier molecular flexibility index (Phi) is 6.20. The van der Waals surface area contributed by atoms with Crippen LogP contribution in [0, 0.1) is 0 Å². The van der Waals surface area contributed by atoms with Crippen LogP contribution in [0.2, 0.25) is 10.0 Å². The molecule has 2 atom stereocenters. The van der Waals surface area contributed by atoms with Crippen molar-refractivity contribution < 1.29 is 9.59 Å². The highest BCUT2D eigenvalue weighted by molar-refractivity contribution is 6.31. The Morgan fingerprint density at radius 1 is 0.941 bits per heavy atom. The van der Waals surface area contributed by atoms with E-state index in [1.165, 1.54) is 0 Å². The zero-order valence-electron chi connectivity index (χ0n) is 18.7. The minimum atomic E-state index is -0.559. The molecule has 0 aromatic heterocycles. The van der Waals surface area contributed by atoms with Crippen molar-refractivity contribution in [3.63, 3.8) is 0 Å². The molecule has 3 aromatic carbocycles. The molecule has 1 aliphatic heterocycles. The van der Waals surface area contributed by atoms with Gasteiger partial charge >= 0.3 is 0 Å². The summed E-state index contributed by atoms with van der Waals surface area (Å²) in [5.41, 5.74) is 4.93. The van der Waals surface area contributed by atoms with Gasteiger partial charge in [-0.2, -0.15) is 0 Å². The normalized spacial score (nSPS) is 19.7. The molecule has 0 saturated carbocycles. The molecule has 0 unspecified atom stereocenters. The minimum Gasteiger partial charge on any atom is -0.357 e. The summed E-state index contributed by atoms with van der Waals surface area (Å²) in [5.74, 6) is -0.00222. The molecule has 3 aromatic rings. The van der Waals surface area contributed by atoms with Crippen LogP contribution in [-0.2, 0) is 9.59 Å². The second-order valence-corrected chi connectivity index (χ2v) is 9.56. The van der Waals surface area contributed by atoms with Gasteiger partial charge in [-0.25, -0.2) is 0 Å². The van der Waals surface area contributed by atoms with Crippen molar-refractivity contribution in [2.75, 3.05) is 10.2 Å². The van der Waals surface area contributed by atoms with Gasteiger partial charge in [0.25, 0.3) is 0 Å². The van der Waals surface area contributed by atoms with Crippen LogP contribution in [0.1, 0.15) is 49.3 Å². The number of para-hydroxylation sites is 2. The Balaban J connectivity index is 1.70. The number of nitrogens with zero attached hydrogens (tertiary/aromatic N) is 1. The third kappa shape index (κ3) is 4.13. The number of halogens is 2. The largest absolute Gasteiger partial charge is 0.357 e. The lowest BCUT2D eigenvalue weighted by atomic mass is 9.78. The van der Waals surface area contributed by atoms with Gasteiger partial charge in [-0.1, -0.05) is 66.5 Å². The molecule has 0 saturated heterocycles. The van der Waals surface area contributed by atoms with Crippen molar-refractivity contribution in [1.29, 1.82) is 0 Å². The zero-order chi connectivity index (χ0) is 23.8. The highest BCUT2D eigenvalue weighted by Gasteiger charge is 2.41. The molecule has 6 heteroatoms. The number of hydrogen-bond donors (Lipinski definition) is 1. The maximum absolute atomic E-state index is 13.8. The van der Waals surface area contributed by atoms with E-state index in [1.54, 1.807) is 11.0 Å². The molecule has 0 bridgehead atoms. The number of amides is 1. The van der Waals surface area contributed by atoms with Crippen LogP contribution in [0.3, 0.4) is 0 Å². The van der Waals surface area contributed by atoms with E-state index in [0.29, 0.717) is 34.9 Å². The molecule has 1 N–H and O–H groups in total. The van der Waals surface area contributed by atoms with Crippen molar-refractivity contribution >= 4 is 46.3 Å². The van der Waals surface area contributed by atoms with Gasteiger partial charge in [0.05, 0.1) is 17.4 Å². The SMILES string of the molecule is CCC(=O)N1c2ccccc2NC2=C(C(=O)C[C@H](c3ccc(Cl)cc3)C2)[C@@H]1c1cccc(Cl)c1. The molecule has 1 aliphatic carbocycles. The minimum absolute atomic E-state index is 0.0246. The van der Waals surface area contributed by atoms with E-state index in [0.717, 1.165) is 28.2 Å². The second kappa shape index (κ2) is 9.28. The van der Waals surface area contributed by atoms with Crippen LogP contribution >= 0.6 is 23.2 Å². The summed E-state index contributed by atoms with van der Waals surface area (Å²) in [5, 5.41) is 4.77. The lowest BCUT2D eigenvalue weighted by Crippen LogP contribution is -2.38. The Morgan fingerprint density at radius 3 is 2.44 bits per heavy atom. The number of carbonyl (C=O) groups excluding carboxylic acids is 2. The van der Waals surface area contributed by atoms with Gasteiger partial charge in [-0.05, 0) is 59.9 Å². The summed E-state index contributed by atoms with van der Waals surface area (Å²) in [4.78, 5) is 28.9. The van der Waals surface area contributed by atoms with Gasteiger partial charge in [-0.15, -0.1) is 0 Å². The van der Waals surface area contributed by atoms with E-state index in [9.17, 15) is 9.59 Å². The van der Waals surface area contributed by atoms with Crippen LogP contribution in [0.25, 0.3) is 0 Å². The summed E-state index contributed by atoms with van der Waals surface area (Å²) in [6.07, 6.45) is 1.33. The predicted octanol–water partition coefficient (Wildman–Crippen LogP) is 7.30. The van der Waals surface area contributed by atoms with Gasteiger partial charge in [0.1, 0.15) is 0 Å². The summed E-state index contributed by atoms with van der Waals surface area (Å²) in [6.45, 7) is 1.84. The van der Waals surface area contributed by atoms with Crippen LogP contribution in [0.4, 0.5) is 11.4 Å². The molecule has 1 heterocycles. The number of benzene rings is 3. The van der Waals surface area contributed by atoms with E-state index in [2.05, 4.69) is 5.32 Å². The second-order valence-electron chi connectivity index (χ2n) is 8.69. The average Bonchev–Trinajstić information content (AvgIpc) is 2.98. The van der Waals surface area contributed by atoms with Crippen LogP contribution in [-0.4, -0.2) is 11.7 Å². The molecule has 0 spiro atoms. The van der Waals surface area contributed by atoms with Crippen LogP contribution in [0.5, 0.6) is 0 Å². The molecule has 4 nitrogen and oxygen atoms in total. The highest BCUT2D eigenvalue weighted by atomic mass is 35.5. The molecule has 1 amide bonds. The van der Waals surface area contributed by atoms with Crippen molar-refractivity contribution in [1.82, 2.24) is 0 Å². The number of anilines is 2. The number of Topliss-reactive ketones (excluding diaryl/α,β-unsaturated/α-hetero) is 1. The fourth-order valence-electron chi connectivity index (χ4n) is 5.00. The number of rotatable bonds is 3. The van der Waals surface area contributed by atoms with E-state index >= 15 is 0 Å². The lowest BCUT2D eigenvalue weighted by Gasteiger charge is -2.35. The fourth-order valence-corrected chi connectivity index (χ4v) is 5.32. The van der Waals surface area contributed by atoms with Gasteiger partial charge in [0.2, 0.25) is 5.91 Å². The first-order valence-corrected chi connectivity index (χ1v) is 12.2. The molecular formula is C28H24Cl2N2O2. The number of allylic oxidation sites excluding steroid dienone is 1. The summed E-state index contributed by atoms with van der Waals surface area (Å²) >= 11 is 12.5. The Morgan fingerprint density at radius 2 is 1.71 bits per heavy atom. The van der Waals surface area contributed by atoms with Crippen molar-refractivity contribution in [2.24, 2.45) is 0 Å². The summed E-state index contributed by atoms with van der Waals surface area (Å²) in [6, 6.07) is 22.3. The lowest BCUT2D eigenvalue weighted by molar-refractivity contribution is -0.119. The number of fused-ring (bicyclic) bond motifs is 1. The molecule has 5 rings (SSSR count). The number of carbonyl (C=O) groups is 2. The average molecular weight is 491 g/mol. The van der Waals surface area contributed by atoms with E-state index in [4.69, 9.17) is 23.2 Å². The van der Waals surface area contributed by atoms with E-state index in [-0.39, 0.29) is 17.6 Å². The zero-order valence-corrected chi connectivity index (χ0v) is 20.2. The van der Waals surface area contributed by atoms with Gasteiger partial charge in [-0.3, -0.25) is 14.5 Å². The third-order valence-electron chi connectivity index (χ3n) is 6.57. The molecular weight excluding hydrogens is 467 g/mol. The molecule has 0 fully saturated rings. The number of nitrogens with one attached hydrogen (secondary N) is 1. The monoisotopic (exact) mass is 490 g/mol. The number of ketones is 1. The fraction of sp³-hybridized carbons (Fsp3) is 0.214. The van der Waals surface area contributed by atoms with E-state index in [1.807, 2.05) is 73.7 Å². The Labute approximate surface area is 209 Å². The standard InChI is InChI=1S/C28H24Cl2N2O2/c1-2-26(34)32-24-9-4-3-8-22(24)31-23-15-19(17-10-12-20(29)13-11-17)16-25(33)27(23)28(32)18-6-5-7-21(30)14-18/h3-14,19,28,31H,2,15-16H2,1H3/t19-,28+/m1/s1. The van der Waals surface area contributed by atoms with Crippen molar-refractivity contribution in [3.05, 3.63) is 105 Å². The highest BCUT2D eigenvalue weighted by Crippen LogP contribution is 2.47. The smallest absolute Gasteiger partial charge is 0.227 e. The first-order valence-electron chi connectivity index (χ1n) is 11.4.